The molecule has 1 aliphatic rings. The van der Waals surface area contributed by atoms with Gasteiger partial charge in [-0.05, 0) is 42.0 Å². The normalized spacial score (nSPS) is 13.3. The highest BCUT2D eigenvalue weighted by Gasteiger charge is 2.22. The molecular weight excluding hydrogens is 348 g/mol. The first-order chi connectivity index (χ1) is 13.1. The summed E-state index contributed by atoms with van der Waals surface area (Å²) in [4.78, 5) is 25.4. The van der Waals surface area contributed by atoms with Crippen LogP contribution in [0.1, 0.15) is 5.56 Å². The average molecular weight is 368 g/mol. The molecule has 0 radical (unpaired) electrons. The van der Waals surface area contributed by atoms with Crippen molar-refractivity contribution in [1.29, 1.82) is 0 Å². The fourth-order valence-corrected chi connectivity index (χ4v) is 2.51. The number of hydrogen-bond donors (Lipinski definition) is 1. The maximum Gasteiger partial charge on any atom is 0.264 e. The van der Waals surface area contributed by atoms with Crippen molar-refractivity contribution in [3.63, 3.8) is 0 Å². The minimum absolute atomic E-state index is 0.0211. The Bertz CT molecular complexity index is 861. The minimum Gasteiger partial charge on any atom is -0.482 e. The van der Waals surface area contributed by atoms with Crippen LogP contribution in [-0.2, 0) is 14.3 Å². The summed E-state index contributed by atoms with van der Waals surface area (Å²) in [6.07, 6.45) is 3.14. The summed E-state index contributed by atoms with van der Waals surface area (Å²) in [5.41, 5.74) is 2.07. The molecule has 0 atom stereocenters. The van der Waals surface area contributed by atoms with Crippen molar-refractivity contribution in [2.75, 3.05) is 37.8 Å². The monoisotopic (exact) mass is 368 g/mol. The number of rotatable bonds is 6. The smallest absolute Gasteiger partial charge is 0.264 e. The van der Waals surface area contributed by atoms with Gasteiger partial charge in [0.05, 0.1) is 5.69 Å². The third-order valence-corrected chi connectivity index (χ3v) is 3.96. The first-order valence-electron chi connectivity index (χ1n) is 8.31. The first-order valence-corrected chi connectivity index (χ1v) is 8.31. The van der Waals surface area contributed by atoms with Crippen LogP contribution in [0.15, 0.2) is 48.5 Å². The molecule has 0 spiro atoms. The van der Waals surface area contributed by atoms with Gasteiger partial charge in [0.2, 0.25) is 5.91 Å². The van der Waals surface area contributed by atoms with Crippen LogP contribution >= 0.6 is 0 Å². The standard InChI is InChI=1S/C20H20N2O5/c1-22-17-11-15(6-9-18(17)26-12-20(22)24)21-19(23)10-5-14-3-7-16(8-4-14)27-13-25-2/h3-11H,12-13H2,1-2H3,(H,21,23)/b10-5+. The molecule has 27 heavy (non-hydrogen) atoms. The fourth-order valence-electron chi connectivity index (χ4n) is 2.51. The van der Waals surface area contributed by atoms with E-state index in [2.05, 4.69) is 5.32 Å². The highest BCUT2D eigenvalue weighted by atomic mass is 16.7. The van der Waals surface area contributed by atoms with Gasteiger partial charge < -0.3 is 24.4 Å². The quantitative estimate of drug-likeness (QED) is 0.627. The number of hydrogen-bond acceptors (Lipinski definition) is 5. The van der Waals surface area contributed by atoms with Crippen LogP contribution in [0.2, 0.25) is 0 Å². The maximum atomic E-state index is 12.2. The number of anilines is 2. The number of nitrogens with one attached hydrogen (secondary N) is 1. The Kier molecular flexibility index (Phi) is 5.73. The summed E-state index contributed by atoms with van der Waals surface area (Å²) in [6.45, 7) is 0.206. The van der Waals surface area contributed by atoms with E-state index in [1.165, 1.54) is 11.0 Å². The molecule has 2 aromatic rings. The molecule has 0 unspecified atom stereocenters. The van der Waals surface area contributed by atoms with Gasteiger partial charge >= 0.3 is 0 Å². The zero-order chi connectivity index (χ0) is 19.2. The van der Waals surface area contributed by atoms with Gasteiger partial charge in [0.1, 0.15) is 11.5 Å². The van der Waals surface area contributed by atoms with Crippen molar-refractivity contribution in [3.8, 4) is 11.5 Å². The molecule has 1 heterocycles. The summed E-state index contributed by atoms with van der Waals surface area (Å²) < 4.78 is 15.5. The second kappa shape index (κ2) is 8.37. The summed E-state index contributed by atoms with van der Waals surface area (Å²) in [6, 6.07) is 12.4. The largest absolute Gasteiger partial charge is 0.482 e. The molecule has 0 aromatic heterocycles. The first kappa shape index (κ1) is 18.5. The minimum atomic E-state index is -0.277. The number of carbonyl (C=O) groups excluding carboxylic acids is 2. The van der Waals surface area contributed by atoms with Crippen LogP contribution in [0, 0.1) is 0 Å². The van der Waals surface area contributed by atoms with Crippen LogP contribution in [0.4, 0.5) is 11.4 Å². The van der Waals surface area contributed by atoms with Crippen molar-refractivity contribution in [2.24, 2.45) is 0 Å². The van der Waals surface area contributed by atoms with Crippen LogP contribution in [0.3, 0.4) is 0 Å². The summed E-state index contributed by atoms with van der Waals surface area (Å²) >= 11 is 0. The molecule has 7 heteroatoms. The van der Waals surface area contributed by atoms with Gasteiger partial charge in [-0.3, -0.25) is 9.59 Å². The van der Waals surface area contributed by atoms with Crippen molar-refractivity contribution in [1.82, 2.24) is 0 Å². The van der Waals surface area contributed by atoms with E-state index in [1.54, 1.807) is 50.6 Å². The molecule has 0 bridgehead atoms. The van der Waals surface area contributed by atoms with E-state index in [0.717, 1.165) is 5.56 Å². The topological polar surface area (TPSA) is 77.1 Å². The highest BCUT2D eigenvalue weighted by Crippen LogP contribution is 2.33. The molecule has 1 N–H and O–H groups in total. The number of nitrogens with zero attached hydrogens (tertiary/aromatic N) is 1. The summed E-state index contributed by atoms with van der Waals surface area (Å²) in [5, 5.41) is 2.78. The number of likely N-dealkylation sites (N-methyl/N-ethyl adjacent to an activating group) is 1. The van der Waals surface area contributed by atoms with Crippen LogP contribution in [0.5, 0.6) is 11.5 Å². The van der Waals surface area contributed by atoms with Crippen molar-refractivity contribution < 1.29 is 23.8 Å². The molecule has 2 amide bonds. The zero-order valence-electron chi connectivity index (χ0n) is 15.1. The van der Waals surface area contributed by atoms with E-state index in [4.69, 9.17) is 14.2 Å². The van der Waals surface area contributed by atoms with E-state index < -0.39 is 0 Å². The SMILES string of the molecule is COCOc1ccc(/C=C/C(=O)Nc2ccc3c(c2)N(C)C(=O)CO3)cc1. The second-order valence-electron chi connectivity index (χ2n) is 5.87. The summed E-state index contributed by atoms with van der Waals surface area (Å²) in [5.74, 6) is 0.888. The number of fused-ring (bicyclic) bond motifs is 1. The molecule has 0 saturated carbocycles. The van der Waals surface area contributed by atoms with E-state index in [9.17, 15) is 9.59 Å². The van der Waals surface area contributed by atoms with E-state index in [0.29, 0.717) is 22.9 Å². The van der Waals surface area contributed by atoms with Gasteiger partial charge in [-0.1, -0.05) is 12.1 Å². The third kappa shape index (κ3) is 4.65. The van der Waals surface area contributed by atoms with E-state index >= 15 is 0 Å². The number of amides is 2. The Morgan fingerprint density at radius 3 is 2.78 bits per heavy atom. The van der Waals surface area contributed by atoms with Crippen molar-refractivity contribution >= 4 is 29.3 Å². The molecule has 7 nitrogen and oxygen atoms in total. The molecule has 1 aliphatic heterocycles. The molecule has 0 fully saturated rings. The lowest BCUT2D eigenvalue weighted by atomic mass is 10.2. The maximum absolute atomic E-state index is 12.2. The molecular formula is C20H20N2O5. The number of benzene rings is 2. The van der Waals surface area contributed by atoms with Gasteiger partial charge in [-0.15, -0.1) is 0 Å². The van der Waals surface area contributed by atoms with Crippen molar-refractivity contribution in [2.45, 2.75) is 0 Å². The lowest BCUT2D eigenvalue weighted by Crippen LogP contribution is -2.35. The number of ether oxygens (including phenoxy) is 3. The van der Waals surface area contributed by atoms with E-state index in [1.807, 2.05) is 12.1 Å². The highest BCUT2D eigenvalue weighted by molar-refractivity contribution is 6.03. The Morgan fingerprint density at radius 2 is 2.04 bits per heavy atom. The van der Waals surface area contributed by atoms with Gasteiger partial charge in [0.25, 0.3) is 5.91 Å². The molecule has 140 valence electrons. The predicted molar refractivity (Wildman–Crippen MR) is 102 cm³/mol. The predicted octanol–water partition coefficient (Wildman–Crippen LogP) is 2.68. The Hall–Kier alpha value is -3.32. The Balaban J connectivity index is 1.62. The van der Waals surface area contributed by atoms with Crippen LogP contribution in [0.25, 0.3) is 6.08 Å². The third-order valence-electron chi connectivity index (χ3n) is 3.96. The van der Waals surface area contributed by atoms with Gasteiger partial charge in [0.15, 0.2) is 13.4 Å². The fraction of sp³-hybridized carbons (Fsp3) is 0.200. The van der Waals surface area contributed by atoms with Crippen LogP contribution < -0.4 is 19.7 Å². The molecule has 0 aliphatic carbocycles. The Labute approximate surface area is 157 Å². The zero-order valence-corrected chi connectivity index (χ0v) is 15.1. The van der Waals surface area contributed by atoms with Gasteiger partial charge in [-0.2, -0.15) is 0 Å². The van der Waals surface area contributed by atoms with Crippen molar-refractivity contribution in [3.05, 3.63) is 54.1 Å². The van der Waals surface area contributed by atoms with E-state index in [-0.39, 0.29) is 25.2 Å². The second-order valence-corrected chi connectivity index (χ2v) is 5.87. The molecule has 0 saturated heterocycles. The molecule has 3 rings (SSSR count). The lowest BCUT2D eigenvalue weighted by molar-refractivity contribution is -0.121. The number of methoxy groups -OCH3 is 1. The Morgan fingerprint density at radius 1 is 1.26 bits per heavy atom. The molecule has 2 aromatic carbocycles. The number of carbonyl (C=O) groups is 2. The average Bonchev–Trinajstić information content (AvgIpc) is 2.69. The lowest BCUT2D eigenvalue weighted by Gasteiger charge is -2.26. The summed E-state index contributed by atoms with van der Waals surface area (Å²) in [7, 11) is 3.23. The van der Waals surface area contributed by atoms with Crippen LogP contribution in [-0.4, -0.2) is 39.4 Å². The van der Waals surface area contributed by atoms with Gasteiger partial charge in [-0.25, -0.2) is 0 Å². The van der Waals surface area contributed by atoms with Gasteiger partial charge in [0, 0.05) is 25.9 Å².